The fraction of sp³-hybridized carbons (Fsp3) is 0.200. The molecule has 0 saturated heterocycles. The van der Waals surface area contributed by atoms with Crippen molar-refractivity contribution in [3.8, 4) is 0 Å². The van der Waals surface area contributed by atoms with Crippen LogP contribution in [0, 0.1) is 0 Å². The molecule has 0 aromatic heterocycles. The highest BCUT2D eigenvalue weighted by molar-refractivity contribution is 9.10. The van der Waals surface area contributed by atoms with Crippen molar-refractivity contribution in [3.63, 3.8) is 0 Å². The molecule has 12 heavy (non-hydrogen) atoms. The molecule has 0 heterocycles. The maximum absolute atomic E-state index is 9.63. The molecule has 1 nitrogen and oxygen atoms in total. The second-order valence-electron chi connectivity index (χ2n) is 2.83. The zero-order valence-electron chi connectivity index (χ0n) is 7.13. The normalized spacial score (nSPS) is 9.58. The van der Waals surface area contributed by atoms with Crippen LogP contribution in [0.2, 0.25) is 0 Å². The molecular weight excluding hydrogens is 216 g/mol. The van der Waals surface area contributed by atoms with E-state index in [1.54, 1.807) is 0 Å². The third-order valence-electron chi connectivity index (χ3n) is 1.60. The summed E-state index contributed by atoms with van der Waals surface area (Å²) in [6.45, 7) is 3.77. The molecule has 1 rings (SSSR count). The number of rotatable bonds is 1. The highest BCUT2D eigenvalue weighted by Crippen LogP contribution is 2.23. The van der Waals surface area contributed by atoms with E-state index in [0.717, 1.165) is 15.6 Å². The standard InChI is InChI=1S/C10H11BrO/c1-7(2)10(12)8-5-3-4-6-9(8)11/h3-6,12H,1-2H3. The molecule has 1 aromatic rings. The lowest BCUT2D eigenvalue weighted by molar-refractivity contribution is 0.506. The van der Waals surface area contributed by atoms with Crippen LogP contribution in [0.4, 0.5) is 0 Å². The molecule has 0 amide bonds. The van der Waals surface area contributed by atoms with Crippen molar-refractivity contribution in [1.82, 2.24) is 0 Å². The van der Waals surface area contributed by atoms with Crippen LogP contribution in [0.1, 0.15) is 19.4 Å². The first-order valence-electron chi connectivity index (χ1n) is 3.74. The molecule has 0 aliphatic carbocycles. The first-order valence-corrected chi connectivity index (χ1v) is 4.53. The van der Waals surface area contributed by atoms with Gasteiger partial charge in [0.05, 0.1) is 0 Å². The quantitative estimate of drug-likeness (QED) is 0.724. The lowest BCUT2D eigenvalue weighted by Crippen LogP contribution is -1.86. The molecule has 0 fully saturated rings. The van der Waals surface area contributed by atoms with Crippen LogP contribution in [0.5, 0.6) is 0 Å². The average molecular weight is 227 g/mol. The van der Waals surface area contributed by atoms with E-state index in [1.165, 1.54) is 0 Å². The van der Waals surface area contributed by atoms with Crippen LogP contribution < -0.4 is 0 Å². The number of halogens is 1. The van der Waals surface area contributed by atoms with Crippen LogP contribution in [0.25, 0.3) is 5.76 Å². The molecule has 0 aliphatic heterocycles. The molecule has 1 N–H and O–H groups in total. The monoisotopic (exact) mass is 226 g/mol. The molecular formula is C10H11BrO. The molecule has 0 bridgehead atoms. The Morgan fingerprint density at radius 2 is 1.83 bits per heavy atom. The summed E-state index contributed by atoms with van der Waals surface area (Å²) < 4.78 is 0.920. The van der Waals surface area contributed by atoms with Gasteiger partial charge >= 0.3 is 0 Å². The zero-order chi connectivity index (χ0) is 9.14. The van der Waals surface area contributed by atoms with Crippen molar-refractivity contribution in [1.29, 1.82) is 0 Å². The summed E-state index contributed by atoms with van der Waals surface area (Å²) in [5.41, 5.74) is 1.76. The molecule has 0 saturated carbocycles. The summed E-state index contributed by atoms with van der Waals surface area (Å²) in [5.74, 6) is 0.350. The first-order chi connectivity index (χ1) is 5.63. The van der Waals surface area contributed by atoms with Crippen LogP contribution in [-0.2, 0) is 0 Å². The molecule has 1 aromatic carbocycles. The van der Waals surface area contributed by atoms with E-state index < -0.39 is 0 Å². The number of benzene rings is 1. The van der Waals surface area contributed by atoms with Gasteiger partial charge in [0, 0.05) is 10.0 Å². The van der Waals surface area contributed by atoms with Crippen molar-refractivity contribution in [2.24, 2.45) is 0 Å². The number of hydrogen-bond acceptors (Lipinski definition) is 1. The molecule has 64 valence electrons. The van der Waals surface area contributed by atoms with E-state index in [9.17, 15) is 5.11 Å². The number of aliphatic hydroxyl groups is 1. The molecule has 0 unspecified atom stereocenters. The first kappa shape index (κ1) is 9.33. The van der Waals surface area contributed by atoms with Gasteiger partial charge in [0.15, 0.2) is 0 Å². The summed E-state index contributed by atoms with van der Waals surface area (Å²) in [7, 11) is 0. The van der Waals surface area contributed by atoms with Crippen molar-refractivity contribution < 1.29 is 5.11 Å². The predicted molar refractivity (Wildman–Crippen MR) is 55.0 cm³/mol. The number of allylic oxidation sites excluding steroid dienone is 1. The van der Waals surface area contributed by atoms with Crippen molar-refractivity contribution in [3.05, 3.63) is 39.9 Å². The van der Waals surface area contributed by atoms with Crippen LogP contribution in [0.15, 0.2) is 34.3 Å². The largest absolute Gasteiger partial charge is 0.507 e. The van der Waals surface area contributed by atoms with Crippen molar-refractivity contribution in [2.45, 2.75) is 13.8 Å². The van der Waals surface area contributed by atoms with Gasteiger partial charge in [-0.05, 0) is 25.5 Å². The van der Waals surface area contributed by atoms with Gasteiger partial charge in [-0.15, -0.1) is 0 Å². The van der Waals surface area contributed by atoms with Gasteiger partial charge in [-0.25, -0.2) is 0 Å². The van der Waals surface area contributed by atoms with Gasteiger partial charge < -0.3 is 5.11 Å². The van der Waals surface area contributed by atoms with E-state index in [2.05, 4.69) is 15.9 Å². The number of aliphatic hydroxyl groups excluding tert-OH is 1. The summed E-state index contributed by atoms with van der Waals surface area (Å²) >= 11 is 3.37. The minimum Gasteiger partial charge on any atom is -0.507 e. The zero-order valence-corrected chi connectivity index (χ0v) is 8.72. The Labute approximate surface area is 80.9 Å². The number of hydrogen-bond donors (Lipinski definition) is 1. The van der Waals surface area contributed by atoms with Crippen molar-refractivity contribution >= 4 is 21.7 Å². The SMILES string of the molecule is CC(C)=C(O)c1ccccc1Br. The van der Waals surface area contributed by atoms with Gasteiger partial charge in [0.25, 0.3) is 0 Å². The topological polar surface area (TPSA) is 20.2 Å². The van der Waals surface area contributed by atoms with Gasteiger partial charge in [-0.3, -0.25) is 0 Å². The molecule has 0 aliphatic rings. The Balaban J connectivity index is 3.21. The van der Waals surface area contributed by atoms with Gasteiger partial charge in [0.1, 0.15) is 5.76 Å². The van der Waals surface area contributed by atoms with E-state index in [-0.39, 0.29) is 0 Å². The molecule has 0 atom stereocenters. The van der Waals surface area contributed by atoms with E-state index in [0.29, 0.717) is 5.76 Å². The third-order valence-corrected chi connectivity index (χ3v) is 2.29. The van der Waals surface area contributed by atoms with E-state index >= 15 is 0 Å². The van der Waals surface area contributed by atoms with Gasteiger partial charge in [-0.1, -0.05) is 34.1 Å². The van der Waals surface area contributed by atoms with Crippen molar-refractivity contribution in [2.75, 3.05) is 0 Å². The predicted octanol–water partition coefficient (Wildman–Crippen LogP) is 3.76. The van der Waals surface area contributed by atoms with E-state index in [1.807, 2.05) is 38.1 Å². The summed E-state index contributed by atoms with van der Waals surface area (Å²) in [4.78, 5) is 0. The van der Waals surface area contributed by atoms with Crippen LogP contribution in [-0.4, -0.2) is 5.11 Å². The Morgan fingerprint density at radius 3 is 2.33 bits per heavy atom. The molecule has 0 spiro atoms. The minimum atomic E-state index is 0.350. The minimum absolute atomic E-state index is 0.350. The fourth-order valence-electron chi connectivity index (χ4n) is 0.923. The lowest BCUT2D eigenvalue weighted by Gasteiger charge is -2.04. The Hall–Kier alpha value is -0.760. The van der Waals surface area contributed by atoms with E-state index in [4.69, 9.17) is 0 Å². The van der Waals surface area contributed by atoms with Crippen LogP contribution >= 0.6 is 15.9 Å². The highest BCUT2D eigenvalue weighted by Gasteiger charge is 2.03. The third kappa shape index (κ3) is 1.89. The maximum Gasteiger partial charge on any atom is 0.122 e. The Kier molecular flexibility index (Phi) is 2.93. The second-order valence-corrected chi connectivity index (χ2v) is 3.68. The molecule has 0 radical (unpaired) electrons. The van der Waals surface area contributed by atoms with Gasteiger partial charge in [0.2, 0.25) is 0 Å². The smallest absolute Gasteiger partial charge is 0.122 e. The van der Waals surface area contributed by atoms with Crippen LogP contribution in [0.3, 0.4) is 0 Å². The maximum atomic E-state index is 9.63. The fourth-order valence-corrected chi connectivity index (χ4v) is 1.40. The Morgan fingerprint density at radius 1 is 1.25 bits per heavy atom. The second kappa shape index (κ2) is 3.76. The average Bonchev–Trinajstić information content (AvgIpc) is 2.04. The van der Waals surface area contributed by atoms with Gasteiger partial charge in [-0.2, -0.15) is 0 Å². The lowest BCUT2D eigenvalue weighted by atomic mass is 10.1. The summed E-state index contributed by atoms with van der Waals surface area (Å²) in [5, 5.41) is 9.63. The highest BCUT2D eigenvalue weighted by atomic mass is 79.9. The Bertz CT molecular complexity index is 311. The summed E-state index contributed by atoms with van der Waals surface area (Å²) in [6.07, 6.45) is 0. The molecule has 2 heteroatoms. The summed E-state index contributed by atoms with van der Waals surface area (Å²) in [6, 6.07) is 7.62.